The van der Waals surface area contributed by atoms with Crippen molar-refractivity contribution in [3.05, 3.63) is 65.7 Å². The zero-order valence-electron chi connectivity index (χ0n) is 15.0. The van der Waals surface area contributed by atoms with E-state index in [1.165, 1.54) is 12.1 Å². The summed E-state index contributed by atoms with van der Waals surface area (Å²) in [5.74, 6) is 0. The number of nitrogens with two attached hydrogens (primary N) is 1. The van der Waals surface area contributed by atoms with Gasteiger partial charge in [-0.05, 0) is 36.6 Å². The van der Waals surface area contributed by atoms with Gasteiger partial charge in [0.15, 0.2) is 0 Å². The van der Waals surface area contributed by atoms with Crippen LogP contribution in [0.4, 0.5) is 4.79 Å². The Morgan fingerprint density at radius 1 is 1.00 bits per heavy atom. The van der Waals surface area contributed by atoms with E-state index in [1.807, 2.05) is 37.3 Å². The number of rotatable bonds is 7. The molecular weight excluding hydrogens is 350 g/mol. The van der Waals surface area contributed by atoms with Crippen LogP contribution < -0.4 is 15.8 Å². The summed E-state index contributed by atoms with van der Waals surface area (Å²) in [6, 6.07) is 15.4. The number of nitrogens with one attached hydrogen (secondary N) is 2. The van der Waals surface area contributed by atoms with Gasteiger partial charge in [0, 0.05) is 0 Å². The summed E-state index contributed by atoms with van der Waals surface area (Å²) in [7, 11) is -3.72. The van der Waals surface area contributed by atoms with Crippen molar-refractivity contribution in [2.75, 3.05) is 0 Å². The number of hydrogen-bond donors (Lipinski definition) is 3. The van der Waals surface area contributed by atoms with Crippen LogP contribution in [0.2, 0.25) is 0 Å². The van der Waals surface area contributed by atoms with Crippen molar-refractivity contribution < 1.29 is 13.2 Å². The highest BCUT2D eigenvalue weighted by Gasteiger charge is 2.16. The minimum atomic E-state index is -3.72. The standard InChI is InChI=1S/C19H25N3O3S/c1-3-7-18(16-8-5-4-6-9-16)22-19(23)21-14(2)15-10-12-17(13-11-15)26(20,24)25/h4-6,8-14,18H,3,7H2,1-2H3,(H2,20,24,25)(H2,21,22,23)/t14-,18-/m0/s1. The maximum absolute atomic E-state index is 12.4. The minimum Gasteiger partial charge on any atom is -0.332 e. The van der Waals surface area contributed by atoms with Crippen LogP contribution in [-0.4, -0.2) is 14.4 Å². The lowest BCUT2D eigenvalue weighted by Crippen LogP contribution is -2.39. The molecule has 2 aromatic carbocycles. The van der Waals surface area contributed by atoms with Crippen LogP contribution in [0.1, 0.15) is 49.9 Å². The highest BCUT2D eigenvalue weighted by Crippen LogP contribution is 2.19. The first-order valence-corrected chi connectivity index (χ1v) is 10.1. The summed E-state index contributed by atoms with van der Waals surface area (Å²) in [6.07, 6.45) is 1.79. The number of hydrogen-bond acceptors (Lipinski definition) is 3. The van der Waals surface area contributed by atoms with E-state index in [1.54, 1.807) is 12.1 Å². The van der Waals surface area contributed by atoms with Gasteiger partial charge in [0.05, 0.1) is 17.0 Å². The molecule has 0 unspecified atom stereocenters. The molecule has 0 spiro atoms. The van der Waals surface area contributed by atoms with E-state index in [4.69, 9.17) is 5.14 Å². The van der Waals surface area contributed by atoms with Gasteiger partial charge in [0.25, 0.3) is 0 Å². The quantitative estimate of drug-likeness (QED) is 0.692. The van der Waals surface area contributed by atoms with Gasteiger partial charge in [0.1, 0.15) is 0 Å². The second-order valence-corrected chi connectivity index (χ2v) is 7.77. The first kappa shape index (κ1) is 19.9. The average Bonchev–Trinajstić information content (AvgIpc) is 2.61. The Bertz CT molecular complexity index is 821. The topological polar surface area (TPSA) is 101 Å². The monoisotopic (exact) mass is 375 g/mol. The molecule has 0 aliphatic carbocycles. The number of urea groups is 1. The molecule has 0 aliphatic heterocycles. The molecular formula is C19H25N3O3S. The van der Waals surface area contributed by atoms with Crippen molar-refractivity contribution >= 4 is 16.1 Å². The molecule has 140 valence electrons. The number of benzene rings is 2. The van der Waals surface area contributed by atoms with Crippen LogP contribution in [0.3, 0.4) is 0 Å². The fourth-order valence-corrected chi connectivity index (χ4v) is 3.24. The average molecular weight is 375 g/mol. The van der Waals surface area contributed by atoms with E-state index in [0.29, 0.717) is 0 Å². The van der Waals surface area contributed by atoms with E-state index in [-0.39, 0.29) is 23.0 Å². The SMILES string of the molecule is CCC[C@H](NC(=O)N[C@@H](C)c1ccc(S(N)(=O)=O)cc1)c1ccccc1. The number of amides is 2. The van der Waals surface area contributed by atoms with Crippen molar-refractivity contribution in [3.8, 4) is 0 Å². The van der Waals surface area contributed by atoms with Crippen LogP contribution in [0.5, 0.6) is 0 Å². The molecule has 0 saturated heterocycles. The minimum absolute atomic E-state index is 0.0463. The van der Waals surface area contributed by atoms with Gasteiger partial charge < -0.3 is 10.6 Å². The molecule has 2 aromatic rings. The summed E-state index contributed by atoms with van der Waals surface area (Å²) in [4.78, 5) is 12.4. The van der Waals surface area contributed by atoms with Gasteiger partial charge in [-0.15, -0.1) is 0 Å². The van der Waals surface area contributed by atoms with E-state index >= 15 is 0 Å². The van der Waals surface area contributed by atoms with Gasteiger partial charge in [-0.25, -0.2) is 18.4 Å². The third-order valence-corrected chi connectivity index (χ3v) is 5.07. The van der Waals surface area contributed by atoms with Crippen molar-refractivity contribution in [2.45, 2.75) is 43.7 Å². The largest absolute Gasteiger partial charge is 0.332 e. The number of carbonyl (C=O) groups excluding carboxylic acids is 1. The molecule has 2 atom stereocenters. The second-order valence-electron chi connectivity index (χ2n) is 6.21. The highest BCUT2D eigenvalue weighted by molar-refractivity contribution is 7.89. The molecule has 0 bridgehead atoms. The van der Waals surface area contributed by atoms with Crippen molar-refractivity contribution in [3.63, 3.8) is 0 Å². The van der Waals surface area contributed by atoms with E-state index < -0.39 is 10.0 Å². The summed E-state index contributed by atoms with van der Waals surface area (Å²) in [5, 5.41) is 11.0. The Morgan fingerprint density at radius 2 is 1.62 bits per heavy atom. The third kappa shape index (κ3) is 5.57. The Hall–Kier alpha value is -2.38. The number of primary sulfonamides is 1. The molecule has 0 aliphatic rings. The van der Waals surface area contributed by atoms with Gasteiger partial charge in [-0.3, -0.25) is 0 Å². The molecule has 0 fully saturated rings. The Balaban J connectivity index is 2.01. The van der Waals surface area contributed by atoms with Gasteiger partial charge >= 0.3 is 6.03 Å². The molecule has 0 heterocycles. The van der Waals surface area contributed by atoms with Gasteiger partial charge in [-0.1, -0.05) is 55.8 Å². The van der Waals surface area contributed by atoms with Crippen LogP contribution in [-0.2, 0) is 10.0 Å². The molecule has 6 nitrogen and oxygen atoms in total. The lowest BCUT2D eigenvalue weighted by Gasteiger charge is -2.21. The zero-order valence-corrected chi connectivity index (χ0v) is 15.8. The van der Waals surface area contributed by atoms with Crippen molar-refractivity contribution in [1.82, 2.24) is 10.6 Å². The van der Waals surface area contributed by atoms with Crippen LogP contribution in [0.25, 0.3) is 0 Å². The number of sulfonamides is 1. The lowest BCUT2D eigenvalue weighted by atomic mass is 10.0. The van der Waals surface area contributed by atoms with Crippen molar-refractivity contribution in [2.24, 2.45) is 5.14 Å². The second kappa shape index (κ2) is 8.82. The van der Waals surface area contributed by atoms with Gasteiger partial charge in [0.2, 0.25) is 10.0 Å². The normalized spacial score (nSPS) is 13.7. The molecule has 2 rings (SSSR count). The van der Waals surface area contributed by atoms with E-state index in [9.17, 15) is 13.2 Å². The molecule has 26 heavy (non-hydrogen) atoms. The molecule has 4 N–H and O–H groups in total. The van der Waals surface area contributed by atoms with E-state index in [2.05, 4.69) is 17.6 Å². The summed E-state index contributed by atoms with van der Waals surface area (Å²) >= 11 is 0. The third-order valence-electron chi connectivity index (χ3n) is 4.14. The Morgan fingerprint density at radius 3 is 2.15 bits per heavy atom. The first-order valence-electron chi connectivity index (χ1n) is 8.56. The molecule has 0 aromatic heterocycles. The highest BCUT2D eigenvalue weighted by atomic mass is 32.2. The van der Waals surface area contributed by atoms with Crippen LogP contribution in [0.15, 0.2) is 59.5 Å². The summed E-state index contributed by atoms with van der Waals surface area (Å²) < 4.78 is 22.6. The number of carbonyl (C=O) groups is 1. The maximum Gasteiger partial charge on any atom is 0.315 e. The maximum atomic E-state index is 12.4. The lowest BCUT2D eigenvalue weighted by molar-refractivity contribution is 0.233. The predicted molar refractivity (Wildman–Crippen MR) is 102 cm³/mol. The molecule has 7 heteroatoms. The predicted octanol–water partition coefficient (Wildman–Crippen LogP) is 3.24. The first-order chi connectivity index (χ1) is 12.3. The Labute approximate surface area is 154 Å². The fourth-order valence-electron chi connectivity index (χ4n) is 2.72. The zero-order chi connectivity index (χ0) is 19.2. The van der Waals surface area contributed by atoms with Crippen LogP contribution in [0, 0.1) is 0 Å². The Kier molecular flexibility index (Phi) is 6.76. The molecule has 0 saturated carbocycles. The smallest absolute Gasteiger partial charge is 0.315 e. The van der Waals surface area contributed by atoms with Gasteiger partial charge in [-0.2, -0.15) is 0 Å². The summed E-state index contributed by atoms with van der Waals surface area (Å²) in [6.45, 7) is 3.91. The fraction of sp³-hybridized carbons (Fsp3) is 0.316. The van der Waals surface area contributed by atoms with E-state index in [0.717, 1.165) is 24.0 Å². The van der Waals surface area contributed by atoms with Crippen LogP contribution >= 0.6 is 0 Å². The molecule has 0 radical (unpaired) electrons. The summed E-state index contributed by atoms with van der Waals surface area (Å²) in [5.41, 5.74) is 1.86. The van der Waals surface area contributed by atoms with Crippen molar-refractivity contribution in [1.29, 1.82) is 0 Å². The molecule has 2 amide bonds.